The molecule has 0 saturated heterocycles. The lowest BCUT2D eigenvalue weighted by molar-refractivity contribution is 0.414. The molecule has 0 saturated carbocycles. The molecule has 0 unspecified atom stereocenters. The third-order valence-electron chi connectivity index (χ3n) is 2.70. The van der Waals surface area contributed by atoms with E-state index in [1.165, 1.54) is 5.56 Å². The van der Waals surface area contributed by atoms with E-state index >= 15 is 0 Å². The SMILES string of the molecule is COc1ccc(Cc2cccc(Cl)c2N)cc1. The monoisotopic (exact) mass is 247 g/mol. The molecule has 0 aliphatic carbocycles. The molecule has 0 aliphatic rings. The van der Waals surface area contributed by atoms with Gasteiger partial charge in [0.25, 0.3) is 0 Å². The topological polar surface area (TPSA) is 35.2 Å². The number of rotatable bonds is 3. The third-order valence-corrected chi connectivity index (χ3v) is 3.03. The molecule has 88 valence electrons. The van der Waals surface area contributed by atoms with Gasteiger partial charge in [0.05, 0.1) is 17.8 Å². The largest absolute Gasteiger partial charge is 0.497 e. The summed E-state index contributed by atoms with van der Waals surface area (Å²) in [5.41, 5.74) is 8.81. The Balaban J connectivity index is 2.22. The Hall–Kier alpha value is -1.67. The normalized spacial score (nSPS) is 10.2. The summed E-state index contributed by atoms with van der Waals surface area (Å²) in [4.78, 5) is 0. The van der Waals surface area contributed by atoms with Gasteiger partial charge in [-0.3, -0.25) is 0 Å². The number of nitrogens with two attached hydrogens (primary N) is 1. The highest BCUT2D eigenvalue weighted by molar-refractivity contribution is 6.33. The minimum Gasteiger partial charge on any atom is -0.497 e. The van der Waals surface area contributed by atoms with Crippen LogP contribution < -0.4 is 10.5 Å². The second-order valence-electron chi connectivity index (χ2n) is 3.84. The summed E-state index contributed by atoms with van der Waals surface area (Å²) in [5.74, 6) is 0.854. The summed E-state index contributed by atoms with van der Waals surface area (Å²) < 4.78 is 5.12. The van der Waals surface area contributed by atoms with Crippen LogP contribution in [0, 0.1) is 0 Å². The van der Waals surface area contributed by atoms with Crippen molar-refractivity contribution in [1.29, 1.82) is 0 Å². The van der Waals surface area contributed by atoms with Gasteiger partial charge in [0.2, 0.25) is 0 Å². The van der Waals surface area contributed by atoms with E-state index < -0.39 is 0 Å². The van der Waals surface area contributed by atoms with E-state index in [9.17, 15) is 0 Å². The zero-order chi connectivity index (χ0) is 12.3. The number of benzene rings is 2. The molecule has 0 aromatic heterocycles. The van der Waals surface area contributed by atoms with Crippen LogP contribution in [-0.4, -0.2) is 7.11 Å². The molecule has 2 rings (SSSR count). The highest BCUT2D eigenvalue weighted by Gasteiger charge is 2.04. The van der Waals surface area contributed by atoms with E-state index in [1.54, 1.807) is 13.2 Å². The predicted octanol–water partition coefficient (Wildman–Crippen LogP) is 3.52. The average Bonchev–Trinajstić information content (AvgIpc) is 2.36. The Morgan fingerprint density at radius 2 is 1.82 bits per heavy atom. The quantitative estimate of drug-likeness (QED) is 0.843. The Kier molecular flexibility index (Phi) is 3.55. The van der Waals surface area contributed by atoms with Crippen molar-refractivity contribution in [2.24, 2.45) is 0 Å². The van der Waals surface area contributed by atoms with E-state index in [-0.39, 0.29) is 0 Å². The van der Waals surface area contributed by atoms with Crippen molar-refractivity contribution in [3.63, 3.8) is 0 Å². The van der Waals surface area contributed by atoms with E-state index in [0.29, 0.717) is 10.7 Å². The number of nitrogen functional groups attached to an aromatic ring is 1. The molecular formula is C14H14ClNO. The van der Waals surface area contributed by atoms with Crippen molar-refractivity contribution in [2.45, 2.75) is 6.42 Å². The molecular weight excluding hydrogens is 234 g/mol. The maximum Gasteiger partial charge on any atom is 0.118 e. The molecule has 0 spiro atoms. The lowest BCUT2D eigenvalue weighted by atomic mass is 10.0. The van der Waals surface area contributed by atoms with Gasteiger partial charge >= 0.3 is 0 Å². The fraction of sp³-hybridized carbons (Fsp3) is 0.143. The Morgan fingerprint density at radius 1 is 1.12 bits per heavy atom. The van der Waals surface area contributed by atoms with Gasteiger partial charge in [0, 0.05) is 0 Å². The number of para-hydroxylation sites is 1. The zero-order valence-corrected chi connectivity index (χ0v) is 10.4. The molecule has 0 radical (unpaired) electrons. The van der Waals surface area contributed by atoms with E-state index in [1.807, 2.05) is 36.4 Å². The molecule has 0 fully saturated rings. The molecule has 17 heavy (non-hydrogen) atoms. The predicted molar refractivity (Wildman–Crippen MR) is 71.7 cm³/mol. The number of methoxy groups -OCH3 is 1. The van der Waals surface area contributed by atoms with Crippen LogP contribution in [0.15, 0.2) is 42.5 Å². The lowest BCUT2D eigenvalue weighted by Crippen LogP contribution is -1.96. The first kappa shape index (κ1) is 11.8. The number of anilines is 1. The summed E-state index contributed by atoms with van der Waals surface area (Å²) in [7, 11) is 1.66. The lowest BCUT2D eigenvalue weighted by Gasteiger charge is -2.08. The summed E-state index contributed by atoms with van der Waals surface area (Å²) in [6.45, 7) is 0. The van der Waals surface area contributed by atoms with Crippen molar-refractivity contribution in [3.8, 4) is 5.75 Å². The summed E-state index contributed by atoms with van der Waals surface area (Å²) in [5, 5.41) is 0.607. The van der Waals surface area contributed by atoms with E-state index in [0.717, 1.165) is 17.7 Å². The zero-order valence-electron chi connectivity index (χ0n) is 9.61. The standard InChI is InChI=1S/C14H14ClNO/c1-17-12-7-5-10(6-8-12)9-11-3-2-4-13(15)14(11)16/h2-8H,9,16H2,1H3. The molecule has 0 atom stereocenters. The third kappa shape index (κ3) is 2.71. The highest BCUT2D eigenvalue weighted by atomic mass is 35.5. The van der Waals surface area contributed by atoms with E-state index in [2.05, 4.69) is 0 Å². The summed E-state index contributed by atoms with van der Waals surface area (Å²) in [6, 6.07) is 13.6. The molecule has 2 N–H and O–H groups in total. The maximum absolute atomic E-state index is 5.98. The van der Waals surface area contributed by atoms with Crippen LogP contribution in [0.3, 0.4) is 0 Å². The van der Waals surface area contributed by atoms with Gasteiger partial charge < -0.3 is 10.5 Å². The Labute approximate surface area is 106 Å². The highest BCUT2D eigenvalue weighted by Crippen LogP contribution is 2.25. The smallest absolute Gasteiger partial charge is 0.118 e. The van der Waals surface area contributed by atoms with Gasteiger partial charge in [-0.1, -0.05) is 35.9 Å². The molecule has 3 heteroatoms. The van der Waals surface area contributed by atoms with Crippen LogP contribution in [0.5, 0.6) is 5.75 Å². The molecule has 2 aromatic carbocycles. The van der Waals surface area contributed by atoms with Crippen LogP contribution in [0.2, 0.25) is 5.02 Å². The van der Waals surface area contributed by atoms with Gasteiger partial charge in [-0.05, 0) is 35.7 Å². The Morgan fingerprint density at radius 3 is 2.47 bits per heavy atom. The van der Waals surface area contributed by atoms with E-state index in [4.69, 9.17) is 22.1 Å². The molecule has 0 amide bonds. The second-order valence-corrected chi connectivity index (χ2v) is 4.24. The van der Waals surface area contributed by atoms with Crippen LogP contribution >= 0.6 is 11.6 Å². The average molecular weight is 248 g/mol. The maximum atomic E-state index is 5.98. The number of ether oxygens (including phenoxy) is 1. The number of hydrogen-bond acceptors (Lipinski definition) is 2. The minimum absolute atomic E-state index is 0.607. The van der Waals surface area contributed by atoms with Crippen molar-refractivity contribution in [1.82, 2.24) is 0 Å². The number of hydrogen-bond donors (Lipinski definition) is 1. The summed E-state index contributed by atoms with van der Waals surface area (Å²) >= 11 is 5.98. The number of halogens is 1. The van der Waals surface area contributed by atoms with Crippen LogP contribution in [0.4, 0.5) is 5.69 Å². The second kappa shape index (κ2) is 5.11. The van der Waals surface area contributed by atoms with Gasteiger partial charge in [0.15, 0.2) is 0 Å². The van der Waals surface area contributed by atoms with Crippen molar-refractivity contribution in [3.05, 3.63) is 58.6 Å². The van der Waals surface area contributed by atoms with Gasteiger partial charge in [-0.2, -0.15) is 0 Å². The first-order chi connectivity index (χ1) is 8.20. The van der Waals surface area contributed by atoms with Crippen molar-refractivity contribution < 1.29 is 4.74 Å². The molecule has 0 aliphatic heterocycles. The summed E-state index contributed by atoms with van der Waals surface area (Å²) in [6.07, 6.45) is 0.774. The first-order valence-electron chi connectivity index (χ1n) is 5.36. The van der Waals surface area contributed by atoms with Gasteiger partial charge in [0.1, 0.15) is 5.75 Å². The van der Waals surface area contributed by atoms with Gasteiger partial charge in [-0.25, -0.2) is 0 Å². The Bertz CT molecular complexity index is 508. The van der Waals surface area contributed by atoms with Gasteiger partial charge in [-0.15, -0.1) is 0 Å². The minimum atomic E-state index is 0.607. The van der Waals surface area contributed by atoms with Crippen LogP contribution in [-0.2, 0) is 6.42 Å². The molecule has 2 nitrogen and oxygen atoms in total. The van der Waals surface area contributed by atoms with Crippen molar-refractivity contribution in [2.75, 3.05) is 12.8 Å². The van der Waals surface area contributed by atoms with Crippen LogP contribution in [0.25, 0.3) is 0 Å². The molecule has 0 bridgehead atoms. The fourth-order valence-electron chi connectivity index (χ4n) is 1.70. The molecule has 2 aromatic rings. The fourth-order valence-corrected chi connectivity index (χ4v) is 1.89. The first-order valence-corrected chi connectivity index (χ1v) is 5.74. The van der Waals surface area contributed by atoms with Crippen LogP contribution in [0.1, 0.15) is 11.1 Å². The molecule has 0 heterocycles. The van der Waals surface area contributed by atoms with Crippen molar-refractivity contribution >= 4 is 17.3 Å².